The SMILES string of the molecule is COCC1CCN(C(=O)Nc2cnn(CC(=O)O)c2)CC1. The van der Waals surface area contributed by atoms with Crippen LogP contribution in [0.4, 0.5) is 10.5 Å². The van der Waals surface area contributed by atoms with Gasteiger partial charge in [-0.1, -0.05) is 0 Å². The minimum atomic E-state index is -0.976. The van der Waals surface area contributed by atoms with Gasteiger partial charge in [-0.05, 0) is 18.8 Å². The summed E-state index contributed by atoms with van der Waals surface area (Å²) in [6, 6.07) is -0.180. The zero-order chi connectivity index (χ0) is 15.2. The predicted octanol–water partition coefficient (Wildman–Crippen LogP) is 0.858. The summed E-state index contributed by atoms with van der Waals surface area (Å²) in [7, 11) is 1.69. The van der Waals surface area contributed by atoms with E-state index in [1.807, 2.05) is 0 Å². The normalized spacial score (nSPS) is 16.0. The molecule has 1 fully saturated rings. The number of amides is 2. The Morgan fingerprint density at radius 3 is 2.81 bits per heavy atom. The Morgan fingerprint density at radius 1 is 1.48 bits per heavy atom. The van der Waals surface area contributed by atoms with E-state index in [2.05, 4.69) is 10.4 Å². The van der Waals surface area contributed by atoms with Crippen molar-refractivity contribution in [2.24, 2.45) is 5.92 Å². The topological polar surface area (TPSA) is 96.7 Å². The number of hydrogen-bond donors (Lipinski definition) is 2. The maximum atomic E-state index is 12.1. The van der Waals surface area contributed by atoms with Crippen LogP contribution in [0.15, 0.2) is 12.4 Å². The van der Waals surface area contributed by atoms with Crippen LogP contribution in [0.1, 0.15) is 12.8 Å². The lowest BCUT2D eigenvalue weighted by molar-refractivity contribution is -0.137. The molecular weight excluding hydrogens is 276 g/mol. The Morgan fingerprint density at radius 2 is 2.19 bits per heavy atom. The molecule has 0 saturated carbocycles. The third-order valence-corrected chi connectivity index (χ3v) is 3.49. The van der Waals surface area contributed by atoms with Crippen molar-refractivity contribution in [1.82, 2.24) is 14.7 Å². The van der Waals surface area contributed by atoms with Gasteiger partial charge in [0.15, 0.2) is 0 Å². The molecule has 0 unspecified atom stereocenters. The number of carboxylic acids is 1. The fourth-order valence-electron chi connectivity index (χ4n) is 2.39. The number of nitrogens with zero attached hydrogens (tertiary/aromatic N) is 3. The maximum Gasteiger partial charge on any atom is 0.325 e. The van der Waals surface area contributed by atoms with Crippen molar-refractivity contribution in [1.29, 1.82) is 0 Å². The van der Waals surface area contributed by atoms with E-state index < -0.39 is 5.97 Å². The molecule has 2 heterocycles. The number of nitrogens with one attached hydrogen (secondary N) is 1. The minimum absolute atomic E-state index is 0.180. The van der Waals surface area contributed by atoms with E-state index in [1.54, 1.807) is 12.0 Å². The number of likely N-dealkylation sites (tertiary alicyclic amines) is 1. The lowest BCUT2D eigenvalue weighted by Gasteiger charge is -2.31. The number of rotatable bonds is 5. The van der Waals surface area contributed by atoms with Crippen molar-refractivity contribution in [3.05, 3.63) is 12.4 Å². The van der Waals surface area contributed by atoms with Crippen LogP contribution < -0.4 is 5.32 Å². The number of aliphatic carboxylic acids is 1. The van der Waals surface area contributed by atoms with Crippen LogP contribution in [-0.2, 0) is 16.1 Å². The van der Waals surface area contributed by atoms with Crippen molar-refractivity contribution in [2.75, 3.05) is 32.1 Å². The van der Waals surface area contributed by atoms with E-state index in [9.17, 15) is 9.59 Å². The van der Waals surface area contributed by atoms with Gasteiger partial charge >= 0.3 is 12.0 Å². The molecule has 2 amide bonds. The Kier molecular flexibility index (Phi) is 5.15. The number of carbonyl (C=O) groups excluding carboxylic acids is 1. The molecule has 1 aliphatic rings. The highest BCUT2D eigenvalue weighted by molar-refractivity contribution is 5.89. The number of methoxy groups -OCH3 is 1. The average molecular weight is 296 g/mol. The fraction of sp³-hybridized carbons (Fsp3) is 0.615. The first kappa shape index (κ1) is 15.3. The average Bonchev–Trinajstić information content (AvgIpc) is 2.86. The minimum Gasteiger partial charge on any atom is -0.480 e. The summed E-state index contributed by atoms with van der Waals surface area (Å²) in [5.41, 5.74) is 0.500. The van der Waals surface area contributed by atoms with Gasteiger partial charge in [-0.3, -0.25) is 9.48 Å². The van der Waals surface area contributed by atoms with E-state index in [-0.39, 0.29) is 12.6 Å². The lowest BCUT2D eigenvalue weighted by Crippen LogP contribution is -2.41. The van der Waals surface area contributed by atoms with Gasteiger partial charge in [0.25, 0.3) is 0 Å². The van der Waals surface area contributed by atoms with Gasteiger partial charge in [-0.2, -0.15) is 5.10 Å². The zero-order valence-electron chi connectivity index (χ0n) is 12.0. The molecule has 1 aromatic rings. The number of piperidine rings is 1. The number of urea groups is 1. The third-order valence-electron chi connectivity index (χ3n) is 3.49. The zero-order valence-corrected chi connectivity index (χ0v) is 12.0. The van der Waals surface area contributed by atoms with Gasteiger partial charge in [-0.25, -0.2) is 4.79 Å². The summed E-state index contributed by atoms with van der Waals surface area (Å²) in [5, 5.41) is 15.3. The second kappa shape index (κ2) is 7.07. The first-order valence-corrected chi connectivity index (χ1v) is 6.87. The Balaban J connectivity index is 1.82. The van der Waals surface area contributed by atoms with Crippen molar-refractivity contribution < 1.29 is 19.4 Å². The quantitative estimate of drug-likeness (QED) is 0.840. The molecule has 8 heteroatoms. The second-order valence-corrected chi connectivity index (χ2v) is 5.14. The van der Waals surface area contributed by atoms with Gasteiger partial charge in [0.1, 0.15) is 6.54 Å². The molecule has 0 radical (unpaired) electrons. The summed E-state index contributed by atoms with van der Waals surface area (Å²) in [4.78, 5) is 24.4. The third kappa shape index (κ3) is 4.45. The first-order chi connectivity index (χ1) is 10.1. The van der Waals surface area contributed by atoms with Gasteiger partial charge in [-0.15, -0.1) is 0 Å². The molecule has 0 atom stereocenters. The van der Waals surface area contributed by atoms with Crippen LogP contribution in [0.3, 0.4) is 0 Å². The highest BCUT2D eigenvalue weighted by Crippen LogP contribution is 2.18. The van der Waals surface area contributed by atoms with Crippen LogP contribution in [0.2, 0.25) is 0 Å². The molecule has 0 aliphatic carbocycles. The van der Waals surface area contributed by atoms with E-state index in [4.69, 9.17) is 9.84 Å². The first-order valence-electron chi connectivity index (χ1n) is 6.87. The van der Waals surface area contributed by atoms with Crippen molar-refractivity contribution >= 4 is 17.7 Å². The molecule has 0 bridgehead atoms. The van der Waals surface area contributed by atoms with Gasteiger partial charge in [0, 0.05) is 33.0 Å². The number of hydrogen-bond acceptors (Lipinski definition) is 4. The largest absolute Gasteiger partial charge is 0.480 e. The van der Waals surface area contributed by atoms with Crippen LogP contribution >= 0.6 is 0 Å². The molecule has 2 N–H and O–H groups in total. The monoisotopic (exact) mass is 296 g/mol. The molecule has 2 rings (SSSR count). The van der Waals surface area contributed by atoms with Crippen LogP contribution in [0.25, 0.3) is 0 Å². The second-order valence-electron chi connectivity index (χ2n) is 5.14. The Labute approximate surface area is 122 Å². The van der Waals surface area contributed by atoms with E-state index in [0.29, 0.717) is 24.7 Å². The van der Waals surface area contributed by atoms with Crippen LogP contribution in [-0.4, -0.2) is 58.6 Å². The number of carbonyl (C=O) groups is 2. The molecule has 1 saturated heterocycles. The molecule has 1 aliphatic heterocycles. The summed E-state index contributed by atoms with van der Waals surface area (Å²) < 4.78 is 6.40. The summed E-state index contributed by atoms with van der Waals surface area (Å²) in [6.07, 6.45) is 4.81. The van der Waals surface area contributed by atoms with Gasteiger partial charge in [0.2, 0.25) is 0 Å². The highest BCUT2D eigenvalue weighted by Gasteiger charge is 2.22. The van der Waals surface area contributed by atoms with Crippen LogP contribution in [0, 0.1) is 5.92 Å². The van der Waals surface area contributed by atoms with Crippen LogP contribution in [0.5, 0.6) is 0 Å². The number of carboxylic acid groups (broad SMARTS) is 1. The summed E-state index contributed by atoms with van der Waals surface area (Å²) in [5.74, 6) is -0.464. The molecule has 0 spiro atoms. The van der Waals surface area contributed by atoms with Crippen molar-refractivity contribution in [3.63, 3.8) is 0 Å². The van der Waals surface area contributed by atoms with E-state index in [1.165, 1.54) is 17.1 Å². The number of aromatic nitrogens is 2. The Bertz CT molecular complexity index is 494. The molecule has 8 nitrogen and oxygen atoms in total. The standard InChI is InChI=1S/C13H20N4O4/c1-21-9-10-2-4-16(5-3-10)13(20)15-11-6-14-17(7-11)8-12(18)19/h6-7,10H,2-5,8-9H2,1H3,(H,15,20)(H,18,19). The molecule has 21 heavy (non-hydrogen) atoms. The maximum absolute atomic E-state index is 12.1. The van der Waals surface area contributed by atoms with E-state index in [0.717, 1.165) is 19.4 Å². The predicted molar refractivity (Wildman–Crippen MR) is 75.1 cm³/mol. The van der Waals surface area contributed by atoms with Gasteiger partial charge < -0.3 is 20.1 Å². The Hall–Kier alpha value is -2.09. The van der Waals surface area contributed by atoms with E-state index >= 15 is 0 Å². The molecular formula is C13H20N4O4. The van der Waals surface area contributed by atoms with Gasteiger partial charge in [0.05, 0.1) is 11.9 Å². The molecule has 0 aromatic carbocycles. The lowest BCUT2D eigenvalue weighted by atomic mass is 9.98. The van der Waals surface area contributed by atoms with Crippen molar-refractivity contribution in [3.8, 4) is 0 Å². The molecule has 1 aromatic heterocycles. The summed E-state index contributed by atoms with van der Waals surface area (Å²) in [6.45, 7) is 1.90. The summed E-state index contributed by atoms with van der Waals surface area (Å²) >= 11 is 0. The molecule has 116 valence electrons. The number of ether oxygens (including phenoxy) is 1. The fourth-order valence-corrected chi connectivity index (χ4v) is 2.39. The van der Waals surface area contributed by atoms with Crippen molar-refractivity contribution in [2.45, 2.75) is 19.4 Å². The number of anilines is 1. The highest BCUT2D eigenvalue weighted by atomic mass is 16.5. The smallest absolute Gasteiger partial charge is 0.325 e.